The number of rotatable bonds is 6. The zero-order valence-electron chi connectivity index (χ0n) is 13.2. The molecule has 118 valence electrons. The SMILES string of the molecule is CCc1nnc2c(NC(=O)CCCc3ccccc3)cccn12. The van der Waals surface area contributed by atoms with Crippen LogP contribution in [0.5, 0.6) is 0 Å². The first-order valence-corrected chi connectivity index (χ1v) is 7.94. The normalized spacial score (nSPS) is 10.8. The molecule has 0 spiro atoms. The first kappa shape index (κ1) is 15.2. The summed E-state index contributed by atoms with van der Waals surface area (Å²) in [6, 6.07) is 14.0. The summed E-state index contributed by atoms with van der Waals surface area (Å²) in [6.45, 7) is 2.03. The third-order valence-electron chi connectivity index (χ3n) is 3.81. The predicted molar refractivity (Wildman–Crippen MR) is 90.4 cm³/mol. The van der Waals surface area contributed by atoms with Crippen LogP contribution in [0.25, 0.3) is 5.65 Å². The van der Waals surface area contributed by atoms with E-state index in [-0.39, 0.29) is 5.91 Å². The number of carbonyl (C=O) groups is 1. The van der Waals surface area contributed by atoms with Crippen LogP contribution in [0.1, 0.15) is 31.2 Å². The number of nitrogens with zero attached hydrogens (tertiary/aromatic N) is 3. The van der Waals surface area contributed by atoms with Gasteiger partial charge in [0.1, 0.15) is 5.82 Å². The molecule has 2 aromatic heterocycles. The lowest BCUT2D eigenvalue weighted by Crippen LogP contribution is -2.12. The predicted octanol–water partition coefficient (Wildman–Crippen LogP) is 3.25. The summed E-state index contributed by atoms with van der Waals surface area (Å²) < 4.78 is 1.92. The van der Waals surface area contributed by atoms with Gasteiger partial charge >= 0.3 is 0 Å². The van der Waals surface area contributed by atoms with Gasteiger partial charge in [0.2, 0.25) is 5.91 Å². The minimum atomic E-state index is 0.00933. The lowest BCUT2D eigenvalue weighted by Gasteiger charge is -2.07. The Balaban J connectivity index is 1.61. The highest BCUT2D eigenvalue weighted by molar-refractivity contribution is 5.94. The van der Waals surface area contributed by atoms with Crippen LogP contribution in [-0.4, -0.2) is 20.5 Å². The largest absolute Gasteiger partial charge is 0.323 e. The number of hydrogen-bond donors (Lipinski definition) is 1. The topological polar surface area (TPSA) is 59.3 Å². The lowest BCUT2D eigenvalue weighted by atomic mass is 10.1. The number of amides is 1. The summed E-state index contributed by atoms with van der Waals surface area (Å²) >= 11 is 0. The Hall–Kier alpha value is -2.69. The second-order valence-corrected chi connectivity index (χ2v) is 5.47. The maximum atomic E-state index is 12.2. The van der Waals surface area contributed by atoms with Crippen molar-refractivity contribution in [2.45, 2.75) is 32.6 Å². The number of aromatic nitrogens is 3. The van der Waals surface area contributed by atoms with Gasteiger partial charge in [0.15, 0.2) is 5.65 Å². The fraction of sp³-hybridized carbons (Fsp3) is 0.278. The van der Waals surface area contributed by atoms with E-state index in [9.17, 15) is 4.79 Å². The average Bonchev–Trinajstić information content (AvgIpc) is 3.00. The molecule has 0 unspecified atom stereocenters. The van der Waals surface area contributed by atoms with Crippen molar-refractivity contribution in [2.75, 3.05) is 5.32 Å². The van der Waals surface area contributed by atoms with Gasteiger partial charge in [-0.05, 0) is 30.5 Å². The molecule has 0 saturated heterocycles. The summed E-state index contributed by atoms with van der Waals surface area (Å²) in [5.74, 6) is 0.898. The van der Waals surface area contributed by atoms with Crippen molar-refractivity contribution in [1.29, 1.82) is 0 Å². The van der Waals surface area contributed by atoms with Gasteiger partial charge in [-0.2, -0.15) is 0 Å². The molecule has 0 aliphatic heterocycles. The van der Waals surface area contributed by atoms with Crippen molar-refractivity contribution in [3.63, 3.8) is 0 Å². The summed E-state index contributed by atoms with van der Waals surface area (Å²) in [5, 5.41) is 11.3. The van der Waals surface area contributed by atoms with E-state index in [2.05, 4.69) is 27.6 Å². The Morgan fingerprint density at radius 2 is 1.96 bits per heavy atom. The Morgan fingerprint density at radius 1 is 1.13 bits per heavy atom. The van der Waals surface area contributed by atoms with E-state index in [0.29, 0.717) is 17.8 Å². The third kappa shape index (κ3) is 3.56. The van der Waals surface area contributed by atoms with Crippen molar-refractivity contribution in [3.05, 3.63) is 60.0 Å². The van der Waals surface area contributed by atoms with Crippen molar-refractivity contribution in [3.8, 4) is 0 Å². The number of carbonyl (C=O) groups excluding carboxylic acids is 1. The van der Waals surface area contributed by atoms with E-state index >= 15 is 0 Å². The average molecular weight is 308 g/mol. The fourth-order valence-corrected chi connectivity index (χ4v) is 2.61. The molecule has 0 radical (unpaired) electrons. The maximum absolute atomic E-state index is 12.2. The molecule has 1 amide bonds. The minimum absolute atomic E-state index is 0.00933. The van der Waals surface area contributed by atoms with Crippen LogP contribution >= 0.6 is 0 Å². The monoisotopic (exact) mass is 308 g/mol. The molecule has 1 aromatic carbocycles. The fourth-order valence-electron chi connectivity index (χ4n) is 2.61. The van der Waals surface area contributed by atoms with Gasteiger partial charge in [-0.1, -0.05) is 37.3 Å². The molecule has 0 aliphatic rings. The van der Waals surface area contributed by atoms with Crippen LogP contribution in [-0.2, 0) is 17.6 Å². The molecular weight excluding hydrogens is 288 g/mol. The van der Waals surface area contributed by atoms with Gasteiger partial charge in [0.25, 0.3) is 0 Å². The second-order valence-electron chi connectivity index (χ2n) is 5.47. The minimum Gasteiger partial charge on any atom is -0.323 e. The number of nitrogens with one attached hydrogen (secondary N) is 1. The van der Waals surface area contributed by atoms with E-state index < -0.39 is 0 Å². The Morgan fingerprint density at radius 3 is 2.74 bits per heavy atom. The van der Waals surface area contributed by atoms with Crippen molar-refractivity contribution < 1.29 is 4.79 Å². The van der Waals surface area contributed by atoms with E-state index in [4.69, 9.17) is 0 Å². The molecule has 0 bridgehead atoms. The second kappa shape index (κ2) is 7.05. The van der Waals surface area contributed by atoms with E-state index in [1.54, 1.807) is 0 Å². The van der Waals surface area contributed by atoms with Crippen molar-refractivity contribution >= 4 is 17.2 Å². The van der Waals surface area contributed by atoms with Crippen LogP contribution in [0, 0.1) is 0 Å². The van der Waals surface area contributed by atoms with E-state index in [0.717, 1.165) is 25.1 Å². The first-order chi connectivity index (χ1) is 11.3. The zero-order valence-corrected chi connectivity index (χ0v) is 13.2. The zero-order chi connectivity index (χ0) is 16.1. The van der Waals surface area contributed by atoms with Crippen molar-refractivity contribution in [2.24, 2.45) is 0 Å². The molecule has 0 fully saturated rings. The molecule has 23 heavy (non-hydrogen) atoms. The summed E-state index contributed by atoms with van der Waals surface area (Å²) in [7, 11) is 0. The van der Waals surface area contributed by atoms with E-state index in [1.807, 2.05) is 47.9 Å². The van der Waals surface area contributed by atoms with Crippen LogP contribution in [0.2, 0.25) is 0 Å². The van der Waals surface area contributed by atoms with Crippen LogP contribution < -0.4 is 5.32 Å². The molecular formula is C18H20N4O. The van der Waals surface area contributed by atoms with Crippen LogP contribution in [0.15, 0.2) is 48.7 Å². The molecule has 5 nitrogen and oxygen atoms in total. The number of anilines is 1. The summed E-state index contributed by atoms with van der Waals surface area (Å²) in [6.07, 6.45) is 4.94. The Kier molecular flexibility index (Phi) is 4.66. The third-order valence-corrected chi connectivity index (χ3v) is 3.81. The number of pyridine rings is 1. The molecule has 0 saturated carbocycles. The summed E-state index contributed by atoms with van der Waals surface area (Å²) in [4.78, 5) is 12.2. The van der Waals surface area contributed by atoms with Crippen LogP contribution in [0.4, 0.5) is 5.69 Å². The van der Waals surface area contributed by atoms with Gasteiger partial charge in [0.05, 0.1) is 5.69 Å². The molecule has 2 heterocycles. The molecule has 0 atom stereocenters. The smallest absolute Gasteiger partial charge is 0.224 e. The summed E-state index contributed by atoms with van der Waals surface area (Å²) in [5.41, 5.74) is 2.66. The maximum Gasteiger partial charge on any atom is 0.224 e. The Bertz CT molecular complexity index is 795. The number of fused-ring (bicyclic) bond motifs is 1. The van der Waals surface area contributed by atoms with Crippen molar-refractivity contribution in [1.82, 2.24) is 14.6 Å². The number of hydrogen-bond acceptors (Lipinski definition) is 3. The standard InChI is InChI=1S/C18H20N4O/c1-2-16-20-21-18-15(11-7-13-22(16)18)19-17(23)12-6-10-14-8-4-3-5-9-14/h3-5,7-9,11,13H,2,6,10,12H2,1H3,(H,19,23). The lowest BCUT2D eigenvalue weighted by molar-refractivity contribution is -0.116. The number of benzene rings is 1. The highest BCUT2D eigenvalue weighted by Crippen LogP contribution is 2.16. The first-order valence-electron chi connectivity index (χ1n) is 7.94. The highest BCUT2D eigenvalue weighted by atomic mass is 16.1. The van der Waals surface area contributed by atoms with Gasteiger partial charge < -0.3 is 5.32 Å². The van der Waals surface area contributed by atoms with Gasteiger partial charge in [-0.3, -0.25) is 9.20 Å². The quantitative estimate of drug-likeness (QED) is 0.760. The van der Waals surface area contributed by atoms with Gasteiger partial charge in [-0.25, -0.2) is 0 Å². The molecule has 0 aliphatic carbocycles. The van der Waals surface area contributed by atoms with E-state index in [1.165, 1.54) is 5.56 Å². The molecule has 5 heteroatoms. The van der Waals surface area contributed by atoms with Crippen LogP contribution in [0.3, 0.4) is 0 Å². The Labute approximate surface area is 135 Å². The number of aryl methyl sites for hydroxylation is 2. The van der Waals surface area contributed by atoms with Gasteiger partial charge in [-0.15, -0.1) is 10.2 Å². The molecule has 1 N–H and O–H groups in total. The highest BCUT2D eigenvalue weighted by Gasteiger charge is 2.10. The van der Waals surface area contributed by atoms with Gasteiger partial charge in [0, 0.05) is 19.0 Å². The molecule has 3 rings (SSSR count). The molecule has 3 aromatic rings.